The first-order chi connectivity index (χ1) is 18.4. The van der Waals surface area contributed by atoms with E-state index >= 15 is 0 Å². The minimum atomic E-state index is -4.06. The number of sulfonamides is 2. The lowest BCUT2D eigenvalue weighted by Gasteiger charge is -2.31. The Morgan fingerprint density at radius 3 is 1.87 bits per heavy atom. The third-order valence-corrected chi connectivity index (χ3v) is 10.5. The Morgan fingerprint density at radius 2 is 1.31 bits per heavy atom. The Labute approximate surface area is 239 Å². The van der Waals surface area contributed by atoms with Crippen molar-refractivity contribution in [1.29, 1.82) is 0 Å². The summed E-state index contributed by atoms with van der Waals surface area (Å²) in [6.07, 6.45) is 0. The largest absolute Gasteiger partial charge is 0.325 e. The molecule has 0 aromatic heterocycles. The molecule has 0 unspecified atom stereocenters. The van der Waals surface area contributed by atoms with Gasteiger partial charge < -0.3 is 10.2 Å². The first-order valence-corrected chi connectivity index (χ1v) is 15.7. The molecule has 0 radical (unpaired) electrons. The van der Waals surface area contributed by atoms with Crippen molar-refractivity contribution < 1.29 is 21.6 Å². The molecule has 4 rings (SSSR count). The van der Waals surface area contributed by atoms with Crippen molar-refractivity contribution in [1.82, 2.24) is 13.5 Å². The highest BCUT2D eigenvalue weighted by atomic mass is 35.5. The fraction of sp³-hybridized carbons (Fsp3) is 0.269. The molecule has 3 aromatic carbocycles. The van der Waals surface area contributed by atoms with Gasteiger partial charge in [0.15, 0.2) is 0 Å². The molecule has 1 heterocycles. The summed E-state index contributed by atoms with van der Waals surface area (Å²) in [6, 6.07) is 18.2. The van der Waals surface area contributed by atoms with Crippen LogP contribution in [0.3, 0.4) is 0 Å². The lowest BCUT2D eigenvalue weighted by molar-refractivity contribution is -0.116. The van der Waals surface area contributed by atoms with Gasteiger partial charge in [0, 0.05) is 48.5 Å². The summed E-state index contributed by atoms with van der Waals surface area (Å²) in [4.78, 5) is 15.1. The second-order valence-corrected chi connectivity index (χ2v) is 13.9. The van der Waals surface area contributed by atoms with Gasteiger partial charge in [-0.1, -0.05) is 35.3 Å². The van der Waals surface area contributed by atoms with Gasteiger partial charge in [-0.25, -0.2) is 16.8 Å². The number of amides is 1. The van der Waals surface area contributed by atoms with Crippen LogP contribution < -0.4 is 5.32 Å². The normalized spacial score (nSPS) is 15.4. The van der Waals surface area contributed by atoms with E-state index in [1.807, 2.05) is 7.05 Å². The molecular formula is C26H28Cl2N4O5S2. The van der Waals surface area contributed by atoms with Crippen molar-refractivity contribution in [2.24, 2.45) is 0 Å². The molecule has 0 bridgehead atoms. The molecule has 13 heteroatoms. The van der Waals surface area contributed by atoms with Gasteiger partial charge in [0.2, 0.25) is 26.0 Å². The highest BCUT2D eigenvalue weighted by Crippen LogP contribution is 2.23. The lowest BCUT2D eigenvalue weighted by atomic mass is 10.2. The number of piperazine rings is 1. The molecule has 0 atom stereocenters. The van der Waals surface area contributed by atoms with Gasteiger partial charge in [0.05, 0.1) is 16.3 Å². The molecule has 0 saturated carbocycles. The fourth-order valence-corrected chi connectivity index (χ4v) is 7.08. The molecule has 1 amide bonds. The van der Waals surface area contributed by atoms with Gasteiger partial charge in [-0.2, -0.15) is 8.61 Å². The van der Waals surface area contributed by atoms with Gasteiger partial charge in [-0.15, -0.1) is 0 Å². The van der Waals surface area contributed by atoms with Gasteiger partial charge in [-0.3, -0.25) is 4.79 Å². The van der Waals surface area contributed by atoms with E-state index in [4.69, 9.17) is 23.2 Å². The smallest absolute Gasteiger partial charge is 0.243 e. The van der Waals surface area contributed by atoms with Crippen molar-refractivity contribution in [2.75, 3.05) is 45.1 Å². The molecule has 9 nitrogen and oxygen atoms in total. The summed E-state index contributed by atoms with van der Waals surface area (Å²) in [5, 5.41) is 3.55. The molecule has 0 aliphatic carbocycles. The Kier molecular flexibility index (Phi) is 9.33. The maximum absolute atomic E-state index is 13.4. The van der Waals surface area contributed by atoms with Crippen molar-refractivity contribution in [2.45, 2.75) is 16.3 Å². The van der Waals surface area contributed by atoms with Crippen molar-refractivity contribution >= 4 is 54.8 Å². The van der Waals surface area contributed by atoms with Crippen LogP contribution in [0.2, 0.25) is 10.0 Å². The number of benzene rings is 3. The number of carbonyl (C=O) groups excluding carboxylic acids is 1. The zero-order valence-corrected chi connectivity index (χ0v) is 24.3. The standard InChI is InChI=1S/C26H28Cl2N4O5S2/c1-30-14-16-31(17-15-30)38(34,35)25-12-8-23(9-13-25)29-26(33)19-32(18-20-2-4-21(27)5-3-20)39(36,37)24-10-6-22(28)7-11-24/h2-13H,14-19H2,1H3,(H,29,33). The van der Waals surface area contributed by atoms with Gasteiger partial charge >= 0.3 is 0 Å². The monoisotopic (exact) mass is 610 g/mol. The van der Waals surface area contributed by atoms with E-state index in [-0.39, 0.29) is 16.3 Å². The first-order valence-electron chi connectivity index (χ1n) is 12.0. The summed E-state index contributed by atoms with van der Waals surface area (Å²) in [7, 11) is -5.77. The number of anilines is 1. The highest BCUT2D eigenvalue weighted by Gasteiger charge is 2.29. The summed E-state index contributed by atoms with van der Waals surface area (Å²) in [5.74, 6) is -0.587. The van der Waals surface area contributed by atoms with E-state index in [9.17, 15) is 21.6 Å². The number of carbonyl (C=O) groups is 1. The van der Waals surface area contributed by atoms with Gasteiger partial charge in [0.1, 0.15) is 0 Å². The second kappa shape index (κ2) is 12.3. The summed E-state index contributed by atoms with van der Waals surface area (Å²) < 4.78 is 55.3. The summed E-state index contributed by atoms with van der Waals surface area (Å²) >= 11 is 11.9. The van der Waals surface area contributed by atoms with Crippen LogP contribution in [0.5, 0.6) is 0 Å². The zero-order chi connectivity index (χ0) is 28.2. The third-order valence-electron chi connectivity index (χ3n) is 6.28. The molecule has 1 fully saturated rings. The molecular weight excluding hydrogens is 583 g/mol. The number of nitrogens with zero attached hydrogens (tertiary/aromatic N) is 3. The average Bonchev–Trinajstić information content (AvgIpc) is 2.90. The first kappa shape index (κ1) is 29.5. The number of hydrogen-bond donors (Lipinski definition) is 1. The molecule has 1 aliphatic rings. The van der Waals surface area contributed by atoms with E-state index in [1.54, 1.807) is 24.3 Å². The van der Waals surface area contributed by atoms with Crippen LogP contribution in [-0.2, 0) is 31.4 Å². The lowest BCUT2D eigenvalue weighted by Crippen LogP contribution is -2.46. The average molecular weight is 612 g/mol. The van der Waals surface area contributed by atoms with Crippen molar-refractivity contribution in [3.05, 3.63) is 88.4 Å². The quantitative estimate of drug-likeness (QED) is 0.395. The van der Waals surface area contributed by atoms with E-state index in [2.05, 4.69) is 10.2 Å². The van der Waals surface area contributed by atoms with Crippen LogP contribution in [0.4, 0.5) is 5.69 Å². The molecule has 1 N–H and O–H groups in total. The minimum Gasteiger partial charge on any atom is -0.325 e. The molecule has 39 heavy (non-hydrogen) atoms. The maximum atomic E-state index is 13.4. The molecule has 208 valence electrons. The van der Waals surface area contributed by atoms with Crippen molar-refractivity contribution in [3.8, 4) is 0 Å². The molecule has 1 saturated heterocycles. The number of halogens is 2. The number of likely N-dealkylation sites (N-methyl/N-ethyl adjacent to an activating group) is 1. The van der Waals surface area contributed by atoms with Gasteiger partial charge in [0.25, 0.3) is 0 Å². The Hall–Kier alpha value is -2.51. The van der Waals surface area contributed by atoms with Crippen LogP contribution >= 0.6 is 23.2 Å². The van der Waals surface area contributed by atoms with Crippen LogP contribution in [0.1, 0.15) is 5.56 Å². The van der Waals surface area contributed by atoms with E-state index < -0.39 is 32.5 Å². The zero-order valence-electron chi connectivity index (χ0n) is 21.1. The number of hydrogen-bond acceptors (Lipinski definition) is 6. The SMILES string of the molecule is CN1CCN(S(=O)(=O)c2ccc(NC(=O)CN(Cc3ccc(Cl)cc3)S(=O)(=O)c3ccc(Cl)cc3)cc2)CC1. The minimum absolute atomic E-state index is 0.00729. The van der Waals surface area contributed by atoms with E-state index in [0.29, 0.717) is 47.5 Å². The fourth-order valence-electron chi connectivity index (χ4n) is 4.02. The second-order valence-electron chi connectivity index (χ2n) is 9.13. The third kappa shape index (κ3) is 7.37. The Balaban J connectivity index is 1.49. The predicted octanol–water partition coefficient (Wildman–Crippen LogP) is 3.76. The van der Waals surface area contributed by atoms with Crippen LogP contribution in [0.25, 0.3) is 0 Å². The van der Waals surface area contributed by atoms with Crippen molar-refractivity contribution in [3.63, 3.8) is 0 Å². The Bertz CT molecular complexity index is 1510. The highest BCUT2D eigenvalue weighted by molar-refractivity contribution is 7.89. The van der Waals surface area contributed by atoms with Gasteiger partial charge in [-0.05, 0) is 73.3 Å². The van der Waals surface area contributed by atoms with Crippen LogP contribution in [0, 0.1) is 0 Å². The Morgan fingerprint density at radius 1 is 0.795 bits per heavy atom. The van der Waals surface area contributed by atoms with Crippen LogP contribution in [-0.4, -0.2) is 76.0 Å². The van der Waals surface area contributed by atoms with E-state index in [0.717, 1.165) is 4.31 Å². The molecule has 3 aromatic rings. The number of nitrogens with one attached hydrogen (secondary N) is 1. The molecule has 1 aliphatic heterocycles. The maximum Gasteiger partial charge on any atom is 0.243 e. The topological polar surface area (TPSA) is 107 Å². The predicted molar refractivity (Wildman–Crippen MR) is 152 cm³/mol. The number of rotatable bonds is 9. The summed E-state index contributed by atoms with van der Waals surface area (Å²) in [6.45, 7) is 1.57. The molecule has 0 spiro atoms. The summed E-state index contributed by atoms with van der Waals surface area (Å²) in [5.41, 5.74) is 0.982. The van der Waals surface area contributed by atoms with Crippen LogP contribution in [0.15, 0.2) is 82.6 Å². The van der Waals surface area contributed by atoms with E-state index in [1.165, 1.54) is 52.8 Å².